The van der Waals surface area contributed by atoms with Gasteiger partial charge in [0.2, 0.25) is 0 Å². The smallest absolute Gasteiger partial charge is 0.173 e. The Morgan fingerprint density at radius 3 is 2.70 bits per heavy atom. The Kier molecular flexibility index (Phi) is 4.99. The molecule has 1 aliphatic carbocycles. The van der Waals surface area contributed by atoms with Crippen LogP contribution >= 0.6 is 11.3 Å². The summed E-state index contributed by atoms with van der Waals surface area (Å²) in [4.78, 5) is 16.2. The molecule has 0 saturated carbocycles. The lowest BCUT2D eigenvalue weighted by atomic mass is 9.75. The Bertz CT molecular complexity index is 849. The Morgan fingerprint density at radius 2 is 1.96 bits per heavy atom. The maximum absolute atomic E-state index is 12.8. The van der Waals surface area contributed by atoms with E-state index in [4.69, 9.17) is 4.74 Å². The number of anilines is 1. The summed E-state index contributed by atoms with van der Waals surface area (Å²) in [5, 5.41) is 11.0. The van der Waals surface area contributed by atoms with E-state index in [1.54, 1.807) is 17.4 Å². The predicted molar refractivity (Wildman–Crippen MR) is 109 cm³/mol. The number of rotatable bonds is 4. The lowest BCUT2D eigenvalue weighted by molar-refractivity contribution is 0.0917. The van der Waals surface area contributed by atoms with E-state index < -0.39 is 0 Å². The zero-order valence-electron chi connectivity index (χ0n) is 16.1. The number of hydrogen-bond donors (Lipinski definition) is 1. The number of aromatic hydroxyl groups is 1. The molecule has 1 aromatic carbocycles. The maximum Gasteiger partial charge on any atom is 0.173 e. The van der Waals surface area contributed by atoms with Crippen LogP contribution in [0.15, 0.2) is 24.3 Å². The molecule has 0 radical (unpaired) electrons. The standard InChI is InChI=1S/C22H27NO3S/c1-22(2)13-18-17(7-6-15-4-3-5-16(24)12-15)21(23-8-10-26-11-9-23)27-20(18)19(25)14-22/h3-5,12,24H,6-11,13-14H2,1-2H3. The van der Waals surface area contributed by atoms with Gasteiger partial charge in [0.1, 0.15) is 5.75 Å². The quantitative estimate of drug-likeness (QED) is 0.856. The third-order valence-corrected chi connectivity index (χ3v) is 6.89. The molecule has 2 aromatic rings. The summed E-state index contributed by atoms with van der Waals surface area (Å²) >= 11 is 1.69. The minimum atomic E-state index is 0.0210. The number of ether oxygens (including phenoxy) is 1. The van der Waals surface area contributed by atoms with Crippen LogP contribution in [0.2, 0.25) is 0 Å². The van der Waals surface area contributed by atoms with Crippen molar-refractivity contribution < 1.29 is 14.6 Å². The van der Waals surface area contributed by atoms with Crippen molar-refractivity contribution in [1.82, 2.24) is 0 Å². The van der Waals surface area contributed by atoms with Gasteiger partial charge < -0.3 is 14.7 Å². The number of Topliss-reactive ketones (excluding diaryl/α,β-unsaturated/α-hetero) is 1. The summed E-state index contributed by atoms with van der Waals surface area (Å²) in [6, 6.07) is 7.49. The zero-order valence-corrected chi connectivity index (χ0v) is 16.9. The second-order valence-corrected chi connectivity index (χ2v) is 9.40. The van der Waals surface area contributed by atoms with Gasteiger partial charge in [-0.15, -0.1) is 11.3 Å². The Hall–Kier alpha value is -1.85. The van der Waals surface area contributed by atoms with E-state index in [0.29, 0.717) is 18.0 Å². The van der Waals surface area contributed by atoms with Gasteiger partial charge >= 0.3 is 0 Å². The molecule has 1 fully saturated rings. The summed E-state index contributed by atoms with van der Waals surface area (Å²) in [6.07, 6.45) is 3.36. The average Bonchev–Trinajstić information content (AvgIpc) is 2.98. The molecular weight excluding hydrogens is 358 g/mol. The zero-order chi connectivity index (χ0) is 19.0. The molecule has 0 amide bonds. The van der Waals surface area contributed by atoms with E-state index in [9.17, 15) is 9.90 Å². The van der Waals surface area contributed by atoms with Crippen molar-refractivity contribution >= 4 is 22.1 Å². The van der Waals surface area contributed by atoms with Crippen LogP contribution in [0.1, 0.15) is 46.6 Å². The van der Waals surface area contributed by atoms with Crippen molar-refractivity contribution in [2.45, 2.75) is 39.5 Å². The Balaban J connectivity index is 1.69. The fourth-order valence-electron chi connectivity index (χ4n) is 4.22. The molecule has 0 unspecified atom stereocenters. The first-order valence-electron chi connectivity index (χ1n) is 9.71. The third-order valence-electron chi connectivity index (χ3n) is 5.52. The molecule has 1 aliphatic heterocycles. The minimum absolute atomic E-state index is 0.0210. The predicted octanol–water partition coefficient (Wildman–Crippen LogP) is 4.23. The highest BCUT2D eigenvalue weighted by atomic mass is 32.1. The summed E-state index contributed by atoms with van der Waals surface area (Å²) in [7, 11) is 0. The van der Waals surface area contributed by atoms with Gasteiger partial charge in [0.05, 0.1) is 23.1 Å². The van der Waals surface area contributed by atoms with E-state index >= 15 is 0 Å². The largest absolute Gasteiger partial charge is 0.508 e. The number of nitrogens with zero attached hydrogens (tertiary/aromatic N) is 1. The van der Waals surface area contributed by atoms with Gasteiger partial charge in [-0.2, -0.15) is 0 Å². The van der Waals surface area contributed by atoms with Gasteiger partial charge in [-0.3, -0.25) is 4.79 Å². The molecule has 0 spiro atoms. The first-order valence-corrected chi connectivity index (χ1v) is 10.5. The molecule has 1 saturated heterocycles. The van der Waals surface area contributed by atoms with Gasteiger partial charge in [-0.05, 0) is 53.5 Å². The van der Waals surface area contributed by atoms with Crippen LogP contribution in [0.5, 0.6) is 5.75 Å². The van der Waals surface area contributed by atoms with Crippen molar-refractivity contribution in [2.75, 3.05) is 31.2 Å². The van der Waals surface area contributed by atoms with E-state index in [-0.39, 0.29) is 5.41 Å². The van der Waals surface area contributed by atoms with Gasteiger partial charge in [-0.1, -0.05) is 26.0 Å². The van der Waals surface area contributed by atoms with Crippen molar-refractivity contribution in [3.63, 3.8) is 0 Å². The van der Waals surface area contributed by atoms with Crippen molar-refractivity contribution in [1.29, 1.82) is 0 Å². The normalized spacial score (nSPS) is 19.2. The van der Waals surface area contributed by atoms with E-state index in [2.05, 4.69) is 24.8 Å². The number of carbonyl (C=O) groups is 1. The van der Waals surface area contributed by atoms with Crippen LogP contribution in [0, 0.1) is 5.41 Å². The molecule has 2 aliphatic rings. The molecule has 2 heterocycles. The number of morpholine rings is 1. The average molecular weight is 386 g/mol. The number of carbonyl (C=O) groups excluding carboxylic acids is 1. The van der Waals surface area contributed by atoms with E-state index in [0.717, 1.165) is 56.0 Å². The number of fused-ring (bicyclic) bond motifs is 1. The van der Waals surface area contributed by atoms with Crippen LogP contribution in [0.4, 0.5) is 5.00 Å². The second-order valence-electron chi connectivity index (χ2n) is 8.40. The number of hydrogen-bond acceptors (Lipinski definition) is 5. The van der Waals surface area contributed by atoms with Crippen LogP contribution in [-0.2, 0) is 24.0 Å². The lowest BCUT2D eigenvalue weighted by Gasteiger charge is -2.30. The van der Waals surface area contributed by atoms with Gasteiger partial charge in [0.15, 0.2) is 5.78 Å². The van der Waals surface area contributed by atoms with Crippen molar-refractivity contribution in [3.05, 3.63) is 45.8 Å². The van der Waals surface area contributed by atoms with Gasteiger partial charge in [0.25, 0.3) is 0 Å². The highest BCUT2D eigenvalue weighted by molar-refractivity contribution is 7.18. The van der Waals surface area contributed by atoms with E-state index in [1.807, 2.05) is 12.1 Å². The fourth-order valence-corrected chi connectivity index (χ4v) is 5.57. The molecule has 144 valence electrons. The molecule has 0 atom stereocenters. The summed E-state index contributed by atoms with van der Waals surface area (Å²) in [6.45, 7) is 7.64. The number of ketones is 1. The molecule has 1 aromatic heterocycles. The minimum Gasteiger partial charge on any atom is -0.508 e. The third kappa shape index (κ3) is 3.90. The molecule has 27 heavy (non-hydrogen) atoms. The van der Waals surface area contributed by atoms with Gasteiger partial charge in [0, 0.05) is 19.5 Å². The van der Waals surface area contributed by atoms with E-state index in [1.165, 1.54) is 16.1 Å². The number of aryl methyl sites for hydroxylation is 1. The lowest BCUT2D eigenvalue weighted by Crippen LogP contribution is -2.36. The van der Waals surface area contributed by atoms with Crippen LogP contribution in [-0.4, -0.2) is 37.2 Å². The van der Waals surface area contributed by atoms with Crippen molar-refractivity contribution in [2.24, 2.45) is 5.41 Å². The summed E-state index contributed by atoms with van der Waals surface area (Å²) < 4.78 is 5.53. The molecule has 5 heteroatoms. The fraction of sp³-hybridized carbons (Fsp3) is 0.500. The summed E-state index contributed by atoms with van der Waals surface area (Å²) in [5.74, 6) is 0.605. The first-order chi connectivity index (χ1) is 12.9. The number of thiophene rings is 1. The Morgan fingerprint density at radius 1 is 1.19 bits per heavy atom. The monoisotopic (exact) mass is 385 g/mol. The molecule has 0 bridgehead atoms. The number of phenolic OH excluding ortho intramolecular Hbond substituents is 1. The van der Waals surface area contributed by atoms with Crippen LogP contribution < -0.4 is 4.90 Å². The van der Waals surface area contributed by atoms with Crippen molar-refractivity contribution in [3.8, 4) is 5.75 Å². The molecule has 1 N–H and O–H groups in total. The molecule has 4 rings (SSSR count). The summed E-state index contributed by atoms with van der Waals surface area (Å²) in [5.41, 5.74) is 3.75. The Labute approximate surface area is 164 Å². The molecular formula is C22H27NO3S. The maximum atomic E-state index is 12.8. The highest BCUT2D eigenvalue weighted by Crippen LogP contribution is 2.45. The van der Waals surface area contributed by atoms with Gasteiger partial charge in [-0.25, -0.2) is 0 Å². The van der Waals surface area contributed by atoms with Crippen LogP contribution in [0.25, 0.3) is 0 Å². The topological polar surface area (TPSA) is 49.8 Å². The number of phenols is 1. The SMILES string of the molecule is CC1(C)CC(=O)c2sc(N3CCOCC3)c(CCc3cccc(O)c3)c2C1. The number of benzene rings is 1. The molecule has 4 nitrogen and oxygen atoms in total. The van der Waals surface area contributed by atoms with Crippen LogP contribution in [0.3, 0.4) is 0 Å². The first kappa shape index (κ1) is 18.5. The highest BCUT2D eigenvalue weighted by Gasteiger charge is 2.36. The second kappa shape index (κ2) is 7.28.